The van der Waals surface area contributed by atoms with Gasteiger partial charge in [0.25, 0.3) is 5.91 Å². The number of nitrogens with zero attached hydrogens (tertiary/aromatic N) is 4. The normalized spacial score (nSPS) is 17.9. The second-order valence-corrected chi connectivity index (χ2v) is 7.70. The number of amides is 1. The first kappa shape index (κ1) is 20.5. The van der Waals surface area contributed by atoms with Crippen molar-refractivity contribution in [3.8, 4) is 0 Å². The molecule has 1 N–H and O–H groups in total. The van der Waals surface area contributed by atoms with E-state index >= 15 is 0 Å². The summed E-state index contributed by atoms with van der Waals surface area (Å²) in [5.41, 5.74) is 0.371. The number of piperidine rings is 1. The van der Waals surface area contributed by atoms with E-state index in [0.717, 1.165) is 37.6 Å². The third-order valence-corrected chi connectivity index (χ3v) is 4.99. The zero-order valence-corrected chi connectivity index (χ0v) is 17.1. The smallest absolute Gasteiger partial charge is 0.273 e. The Hall–Kier alpha value is -2.19. The molecular formula is C20H31N5O3. The van der Waals surface area contributed by atoms with E-state index < -0.39 is 0 Å². The van der Waals surface area contributed by atoms with Crippen LogP contribution in [0.25, 0.3) is 0 Å². The van der Waals surface area contributed by atoms with E-state index in [4.69, 9.17) is 9.15 Å². The Labute approximate surface area is 166 Å². The van der Waals surface area contributed by atoms with Gasteiger partial charge < -0.3 is 14.5 Å². The highest BCUT2D eigenvalue weighted by Crippen LogP contribution is 2.23. The lowest BCUT2D eigenvalue weighted by molar-refractivity contribution is 0.0938. The fraction of sp³-hybridized carbons (Fsp3) is 0.650. The molecule has 1 atom stereocenters. The van der Waals surface area contributed by atoms with E-state index in [1.54, 1.807) is 18.0 Å². The Kier molecular flexibility index (Phi) is 7.22. The maximum absolute atomic E-state index is 12.0. The first-order valence-electron chi connectivity index (χ1n) is 10.1. The largest absolute Gasteiger partial charge is 0.462 e. The quantitative estimate of drug-likeness (QED) is 0.710. The first-order chi connectivity index (χ1) is 13.5. The number of furan rings is 1. The molecule has 1 unspecified atom stereocenters. The van der Waals surface area contributed by atoms with Gasteiger partial charge >= 0.3 is 0 Å². The van der Waals surface area contributed by atoms with E-state index in [1.165, 1.54) is 19.3 Å². The van der Waals surface area contributed by atoms with Crippen LogP contribution in [0.1, 0.15) is 61.5 Å². The molecule has 0 aromatic carbocycles. The second-order valence-electron chi connectivity index (χ2n) is 7.70. The molecule has 1 fully saturated rings. The van der Waals surface area contributed by atoms with Gasteiger partial charge in [-0.1, -0.05) is 11.6 Å². The summed E-state index contributed by atoms with van der Waals surface area (Å²) in [5.74, 6) is 1.67. The molecule has 0 spiro atoms. The Morgan fingerprint density at radius 3 is 2.96 bits per heavy atom. The molecule has 8 nitrogen and oxygen atoms in total. The van der Waals surface area contributed by atoms with Crippen LogP contribution >= 0.6 is 0 Å². The first-order valence-corrected chi connectivity index (χ1v) is 10.1. The molecule has 28 heavy (non-hydrogen) atoms. The van der Waals surface area contributed by atoms with Crippen molar-refractivity contribution >= 4 is 5.91 Å². The van der Waals surface area contributed by atoms with Crippen LogP contribution in [0.15, 0.2) is 22.7 Å². The number of aromatic nitrogens is 3. The lowest BCUT2D eigenvalue weighted by atomic mass is 9.99. The molecule has 1 aliphatic rings. The van der Waals surface area contributed by atoms with Crippen molar-refractivity contribution in [2.24, 2.45) is 0 Å². The van der Waals surface area contributed by atoms with E-state index in [2.05, 4.69) is 20.5 Å². The predicted octanol–water partition coefficient (Wildman–Crippen LogP) is 2.60. The third kappa shape index (κ3) is 5.65. The van der Waals surface area contributed by atoms with Crippen molar-refractivity contribution in [3.05, 3.63) is 35.5 Å². The molecule has 1 amide bonds. The number of carbonyl (C=O) groups excluding carboxylic acids is 1. The van der Waals surface area contributed by atoms with Crippen LogP contribution in [-0.4, -0.2) is 51.5 Å². The number of likely N-dealkylation sites (tertiary alicyclic amines) is 1. The highest BCUT2D eigenvalue weighted by Gasteiger charge is 2.23. The number of methoxy groups -OCH3 is 1. The molecule has 154 valence electrons. The van der Waals surface area contributed by atoms with E-state index in [1.807, 2.05) is 26.0 Å². The summed E-state index contributed by atoms with van der Waals surface area (Å²) < 4.78 is 12.8. The maximum Gasteiger partial charge on any atom is 0.273 e. The lowest BCUT2D eigenvalue weighted by Gasteiger charge is -2.35. The molecule has 2 aromatic rings. The zero-order chi connectivity index (χ0) is 19.9. The topological polar surface area (TPSA) is 85.4 Å². The van der Waals surface area contributed by atoms with Gasteiger partial charge in [0.2, 0.25) is 0 Å². The van der Waals surface area contributed by atoms with Gasteiger partial charge in [0.15, 0.2) is 5.69 Å². The second kappa shape index (κ2) is 9.84. The Morgan fingerprint density at radius 2 is 2.18 bits per heavy atom. The molecule has 1 aliphatic heterocycles. The Balaban J connectivity index is 1.54. The summed E-state index contributed by atoms with van der Waals surface area (Å²) in [5, 5.41) is 11.0. The van der Waals surface area contributed by atoms with Crippen molar-refractivity contribution in [1.82, 2.24) is 25.2 Å². The SMILES string of the molecule is COCc1ccc(CN2CCCCC2CCn2cc(C(=O)NC(C)C)nn2)o1. The molecule has 0 radical (unpaired) electrons. The molecule has 0 aliphatic carbocycles. The molecule has 3 heterocycles. The summed E-state index contributed by atoms with van der Waals surface area (Å²) in [4.78, 5) is 14.5. The van der Waals surface area contributed by atoms with Crippen LogP contribution in [0.5, 0.6) is 0 Å². The van der Waals surface area contributed by atoms with Crippen LogP contribution in [-0.2, 0) is 24.4 Å². The molecule has 0 bridgehead atoms. The minimum Gasteiger partial charge on any atom is -0.462 e. The highest BCUT2D eigenvalue weighted by atomic mass is 16.5. The molecule has 8 heteroatoms. The number of hydrogen-bond donors (Lipinski definition) is 1. The molecule has 0 saturated carbocycles. The standard InChI is InChI=1S/C20H31N5O3/c1-15(2)21-20(26)19-13-25(23-22-19)11-9-16-6-4-5-10-24(16)12-17-7-8-18(28-17)14-27-3/h7-8,13,15-16H,4-6,9-12,14H2,1-3H3,(H,21,26). The molecule has 3 rings (SSSR count). The van der Waals surface area contributed by atoms with Gasteiger partial charge in [-0.2, -0.15) is 0 Å². The number of ether oxygens (including phenoxy) is 1. The summed E-state index contributed by atoms with van der Waals surface area (Å²) in [6, 6.07) is 4.58. The van der Waals surface area contributed by atoms with Crippen LogP contribution in [0.2, 0.25) is 0 Å². The van der Waals surface area contributed by atoms with Crippen LogP contribution in [0, 0.1) is 0 Å². The number of rotatable bonds is 9. The van der Waals surface area contributed by atoms with Gasteiger partial charge in [-0.3, -0.25) is 14.4 Å². The van der Waals surface area contributed by atoms with E-state index in [0.29, 0.717) is 18.3 Å². The monoisotopic (exact) mass is 389 g/mol. The summed E-state index contributed by atoms with van der Waals surface area (Å²) in [7, 11) is 1.67. The minimum atomic E-state index is -0.176. The van der Waals surface area contributed by atoms with Crippen LogP contribution in [0.4, 0.5) is 0 Å². The van der Waals surface area contributed by atoms with Gasteiger partial charge in [-0.15, -0.1) is 5.10 Å². The summed E-state index contributed by atoms with van der Waals surface area (Å²) in [6.07, 6.45) is 6.33. The number of nitrogens with one attached hydrogen (secondary N) is 1. The maximum atomic E-state index is 12.0. The average Bonchev–Trinajstić information content (AvgIpc) is 3.30. The van der Waals surface area contributed by atoms with Crippen LogP contribution < -0.4 is 5.32 Å². The van der Waals surface area contributed by atoms with Crippen molar-refractivity contribution in [2.45, 2.75) is 71.3 Å². The Bertz CT molecular complexity index is 755. The van der Waals surface area contributed by atoms with Gasteiger partial charge in [-0.25, -0.2) is 0 Å². The lowest BCUT2D eigenvalue weighted by Crippen LogP contribution is -2.39. The molecular weight excluding hydrogens is 358 g/mol. The minimum absolute atomic E-state index is 0.0828. The number of aryl methyl sites for hydroxylation is 1. The van der Waals surface area contributed by atoms with Crippen LogP contribution in [0.3, 0.4) is 0 Å². The van der Waals surface area contributed by atoms with Crippen molar-refractivity contribution in [1.29, 1.82) is 0 Å². The Morgan fingerprint density at radius 1 is 1.36 bits per heavy atom. The predicted molar refractivity (Wildman–Crippen MR) is 105 cm³/mol. The van der Waals surface area contributed by atoms with Crippen molar-refractivity contribution in [3.63, 3.8) is 0 Å². The zero-order valence-electron chi connectivity index (χ0n) is 17.1. The molecule has 1 saturated heterocycles. The van der Waals surface area contributed by atoms with Crippen molar-refractivity contribution < 1.29 is 13.9 Å². The third-order valence-electron chi connectivity index (χ3n) is 4.99. The number of carbonyl (C=O) groups is 1. The van der Waals surface area contributed by atoms with Gasteiger partial charge in [-0.05, 0) is 51.8 Å². The summed E-state index contributed by atoms with van der Waals surface area (Å²) in [6.45, 7) is 6.99. The van der Waals surface area contributed by atoms with Gasteiger partial charge in [0.05, 0.1) is 12.7 Å². The summed E-state index contributed by atoms with van der Waals surface area (Å²) >= 11 is 0. The van der Waals surface area contributed by atoms with Gasteiger partial charge in [0, 0.05) is 25.7 Å². The average molecular weight is 390 g/mol. The fourth-order valence-corrected chi connectivity index (χ4v) is 3.65. The van der Waals surface area contributed by atoms with Crippen molar-refractivity contribution in [2.75, 3.05) is 13.7 Å². The van der Waals surface area contributed by atoms with E-state index in [9.17, 15) is 4.79 Å². The van der Waals surface area contributed by atoms with E-state index in [-0.39, 0.29) is 11.9 Å². The van der Waals surface area contributed by atoms with Gasteiger partial charge in [0.1, 0.15) is 18.1 Å². The number of hydrogen-bond acceptors (Lipinski definition) is 6. The molecule has 2 aromatic heterocycles. The highest BCUT2D eigenvalue weighted by molar-refractivity contribution is 5.91. The fourth-order valence-electron chi connectivity index (χ4n) is 3.65.